The molecule has 1 aromatic heterocycles. The third-order valence-corrected chi connectivity index (χ3v) is 6.47. The number of anilines is 1. The second-order valence-electron chi connectivity index (χ2n) is 8.90. The molecule has 0 aliphatic carbocycles. The molecule has 2 heterocycles. The van der Waals surface area contributed by atoms with Crippen molar-refractivity contribution < 1.29 is 14.4 Å². The maximum atomic E-state index is 13.5. The Balaban J connectivity index is 1.59. The zero-order chi connectivity index (χ0) is 24.7. The van der Waals surface area contributed by atoms with Crippen LogP contribution in [0.4, 0.5) is 10.5 Å². The Morgan fingerprint density at radius 1 is 0.886 bits per heavy atom. The van der Waals surface area contributed by atoms with Crippen molar-refractivity contribution in [1.82, 2.24) is 9.88 Å². The van der Waals surface area contributed by atoms with Crippen LogP contribution in [0, 0.1) is 20.8 Å². The van der Waals surface area contributed by atoms with Gasteiger partial charge in [-0.2, -0.15) is 0 Å². The number of nitrogens with one attached hydrogen (secondary N) is 1. The summed E-state index contributed by atoms with van der Waals surface area (Å²) in [4.78, 5) is 39.9. The Morgan fingerprint density at radius 2 is 1.66 bits per heavy atom. The molecule has 0 atom stereocenters. The number of rotatable bonds is 4. The number of amides is 4. The summed E-state index contributed by atoms with van der Waals surface area (Å²) in [5, 5.41) is 3.25. The van der Waals surface area contributed by atoms with Gasteiger partial charge < -0.3 is 4.57 Å². The van der Waals surface area contributed by atoms with E-state index in [1.807, 2.05) is 56.4 Å². The molecule has 4 amide bonds. The first-order valence-electron chi connectivity index (χ1n) is 11.4. The molecular weight excluding hydrogens is 438 g/mol. The fourth-order valence-electron chi connectivity index (χ4n) is 4.54. The van der Waals surface area contributed by atoms with Gasteiger partial charge in [-0.05, 0) is 55.7 Å². The number of fused-ring (bicyclic) bond motifs is 1. The molecule has 6 nitrogen and oxygen atoms in total. The minimum absolute atomic E-state index is 0.0797. The fourth-order valence-corrected chi connectivity index (χ4v) is 4.54. The maximum Gasteiger partial charge on any atom is 0.335 e. The first kappa shape index (κ1) is 22.3. The predicted octanol–water partition coefficient (Wildman–Crippen LogP) is 5.28. The van der Waals surface area contributed by atoms with Gasteiger partial charge in [0.2, 0.25) is 0 Å². The third-order valence-electron chi connectivity index (χ3n) is 6.47. The highest BCUT2D eigenvalue weighted by molar-refractivity contribution is 6.39. The van der Waals surface area contributed by atoms with Crippen molar-refractivity contribution in [2.75, 3.05) is 4.90 Å². The van der Waals surface area contributed by atoms with Crippen LogP contribution in [-0.4, -0.2) is 22.4 Å². The Bertz CT molecular complexity index is 1540. The Hall–Kier alpha value is -4.45. The molecule has 6 heteroatoms. The van der Waals surface area contributed by atoms with Crippen LogP contribution in [0.15, 0.2) is 78.5 Å². The summed E-state index contributed by atoms with van der Waals surface area (Å²) in [6.07, 6.45) is 3.52. The van der Waals surface area contributed by atoms with Gasteiger partial charge in [-0.3, -0.25) is 14.9 Å². The average molecular weight is 464 g/mol. The number of nitrogens with zero attached hydrogens (tertiary/aromatic N) is 2. The summed E-state index contributed by atoms with van der Waals surface area (Å²) in [5.41, 5.74) is 6.21. The van der Waals surface area contributed by atoms with Gasteiger partial charge in [0.1, 0.15) is 5.57 Å². The Labute approximate surface area is 203 Å². The van der Waals surface area contributed by atoms with E-state index in [2.05, 4.69) is 35.0 Å². The van der Waals surface area contributed by atoms with Crippen molar-refractivity contribution in [2.45, 2.75) is 27.3 Å². The number of barbiturate groups is 1. The molecule has 1 aliphatic rings. The van der Waals surface area contributed by atoms with E-state index in [4.69, 9.17) is 0 Å². The van der Waals surface area contributed by atoms with Crippen molar-refractivity contribution in [3.05, 3.63) is 106 Å². The van der Waals surface area contributed by atoms with Gasteiger partial charge in [-0.1, -0.05) is 60.2 Å². The van der Waals surface area contributed by atoms with Gasteiger partial charge >= 0.3 is 6.03 Å². The maximum absolute atomic E-state index is 13.5. The van der Waals surface area contributed by atoms with E-state index in [9.17, 15) is 14.4 Å². The second-order valence-corrected chi connectivity index (χ2v) is 8.90. The molecule has 0 bridgehead atoms. The molecule has 0 radical (unpaired) electrons. The van der Waals surface area contributed by atoms with Crippen molar-refractivity contribution in [3.8, 4) is 0 Å². The molecule has 174 valence electrons. The number of hydrogen-bond acceptors (Lipinski definition) is 3. The molecular formula is C29H25N3O3. The first-order chi connectivity index (χ1) is 16.8. The summed E-state index contributed by atoms with van der Waals surface area (Å²) in [7, 11) is 0. The standard InChI is InChI=1S/C29H25N3O3/c1-18-8-6-10-21(14-18)16-31-17-22(23-11-4-5-12-26(23)31)15-24-27(33)30-29(35)32(28(24)34)25-13-7-9-19(2)20(25)3/h4-15,17H,16H2,1-3H3,(H,30,33,35)/b24-15+. The minimum Gasteiger partial charge on any atom is -0.342 e. The number of carbonyl (C=O) groups excluding carboxylic acids is 3. The minimum atomic E-state index is -0.743. The molecule has 0 spiro atoms. The number of para-hydroxylation sites is 1. The smallest absolute Gasteiger partial charge is 0.335 e. The third kappa shape index (κ3) is 4.04. The van der Waals surface area contributed by atoms with E-state index in [0.717, 1.165) is 38.1 Å². The lowest BCUT2D eigenvalue weighted by atomic mass is 10.0. The number of aromatic nitrogens is 1. The zero-order valence-corrected chi connectivity index (χ0v) is 19.8. The van der Waals surface area contributed by atoms with E-state index >= 15 is 0 Å². The van der Waals surface area contributed by atoms with Gasteiger partial charge in [0.15, 0.2) is 0 Å². The molecule has 5 rings (SSSR count). The number of benzene rings is 3. The number of imide groups is 2. The number of aryl methyl sites for hydroxylation is 2. The van der Waals surface area contributed by atoms with Gasteiger partial charge in [0.05, 0.1) is 5.69 Å². The lowest BCUT2D eigenvalue weighted by molar-refractivity contribution is -0.122. The number of urea groups is 1. The first-order valence-corrected chi connectivity index (χ1v) is 11.4. The summed E-state index contributed by atoms with van der Waals surface area (Å²) in [6.45, 7) is 6.47. The molecule has 1 saturated heterocycles. The van der Waals surface area contributed by atoms with E-state index in [1.54, 1.807) is 18.2 Å². The van der Waals surface area contributed by atoms with Crippen molar-refractivity contribution in [1.29, 1.82) is 0 Å². The molecule has 3 aromatic carbocycles. The van der Waals surface area contributed by atoms with Crippen molar-refractivity contribution >= 4 is 40.5 Å². The molecule has 0 saturated carbocycles. The predicted molar refractivity (Wildman–Crippen MR) is 137 cm³/mol. The van der Waals surface area contributed by atoms with Gasteiger partial charge in [0.25, 0.3) is 11.8 Å². The van der Waals surface area contributed by atoms with E-state index in [0.29, 0.717) is 12.2 Å². The van der Waals surface area contributed by atoms with Crippen LogP contribution in [0.2, 0.25) is 0 Å². The number of hydrogen-bond donors (Lipinski definition) is 1. The Kier molecular flexibility index (Phi) is 5.57. The summed E-state index contributed by atoms with van der Waals surface area (Å²) in [5.74, 6) is -1.33. The Morgan fingerprint density at radius 3 is 2.46 bits per heavy atom. The number of carbonyl (C=O) groups is 3. The van der Waals surface area contributed by atoms with E-state index in [1.165, 1.54) is 5.56 Å². The molecule has 1 N–H and O–H groups in total. The quantitative estimate of drug-likeness (QED) is 0.331. The topological polar surface area (TPSA) is 71.4 Å². The molecule has 1 fully saturated rings. The zero-order valence-electron chi connectivity index (χ0n) is 19.8. The van der Waals surface area contributed by atoms with Crippen molar-refractivity contribution in [3.63, 3.8) is 0 Å². The largest absolute Gasteiger partial charge is 0.342 e. The van der Waals surface area contributed by atoms with Gasteiger partial charge in [0, 0.05) is 29.2 Å². The van der Waals surface area contributed by atoms with Crippen LogP contribution in [0.5, 0.6) is 0 Å². The van der Waals surface area contributed by atoms with Crippen molar-refractivity contribution in [2.24, 2.45) is 0 Å². The van der Waals surface area contributed by atoms with E-state index < -0.39 is 17.8 Å². The van der Waals surface area contributed by atoms with Gasteiger partial charge in [-0.25, -0.2) is 9.69 Å². The van der Waals surface area contributed by atoms with Crippen LogP contribution in [0.1, 0.15) is 27.8 Å². The van der Waals surface area contributed by atoms with Crippen LogP contribution >= 0.6 is 0 Å². The fraction of sp³-hybridized carbons (Fsp3) is 0.138. The summed E-state index contributed by atoms with van der Waals surface area (Å²) < 4.78 is 2.11. The highest BCUT2D eigenvalue weighted by Crippen LogP contribution is 2.29. The highest BCUT2D eigenvalue weighted by Gasteiger charge is 2.37. The lowest BCUT2D eigenvalue weighted by Crippen LogP contribution is -2.54. The van der Waals surface area contributed by atoms with Gasteiger partial charge in [-0.15, -0.1) is 0 Å². The monoisotopic (exact) mass is 463 g/mol. The highest BCUT2D eigenvalue weighted by atomic mass is 16.2. The van der Waals surface area contributed by atoms with Crippen LogP contribution in [0.25, 0.3) is 17.0 Å². The molecule has 0 unspecified atom stereocenters. The molecule has 35 heavy (non-hydrogen) atoms. The average Bonchev–Trinajstić information content (AvgIpc) is 3.16. The van der Waals surface area contributed by atoms with E-state index in [-0.39, 0.29) is 5.57 Å². The second kappa shape index (κ2) is 8.72. The summed E-state index contributed by atoms with van der Waals surface area (Å²) >= 11 is 0. The lowest BCUT2D eigenvalue weighted by Gasteiger charge is -2.28. The van der Waals surface area contributed by atoms with Crippen LogP contribution < -0.4 is 10.2 Å². The SMILES string of the molecule is Cc1cccc(Cn2cc(/C=C3\C(=O)NC(=O)N(c4cccc(C)c4C)C3=O)c3ccccc32)c1. The van der Waals surface area contributed by atoms with Crippen LogP contribution in [-0.2, 0) is 16.1 Å². The van der Waals surface area contributed by atoms with Crippen LogP contribution in [0.3, 0.4) is 0 Å². The normalized spacial score (nSPS) is 15.2. The summed E-state index contributed by atoms with van der Waals surface area (Å²) in [6, 6.07) is 20.8. The molecule has 4 aromatic rings. The molecule has 1 aliphatic heterocycles.